The van der Waals surface area contributed by atoms with Crippen LogP contribution in [0.4, 0.5) is 0 Å². The van der Waals surface area contributed by atoms with E-state index in [-0.39, 0.29) is 0 Å². The molecule has 2 aromatic rings. The molecule has 3 rings (SSSR count). The number of rotatable bonds is 3. The van der Waals surface area contributed by atoms with Crippen LogP contribution in [0.25, 0.3) is 5.69 Å². The molecule has 1 aromatic heterocycles. The molecule has 4 heteroatoms. The molecule has 0 aliphatic carbocycles. The van der Waals surface area contributed by atoms with Gasteiger partial charge in [0.25, 0.3) is 0 Å². The number of benzene rings is 1. The highest BCUT2D eigenvalue weighted by molar-refractivity contribution is 5.42. The predicted molar refractivity (Wildman–Crippen MR) is 84.4 cm³/mol. The third-order valence-corrected chi connectivity index (χ3v) is 4.39. The zero-order valence-electron chi connectivity index (χ0n) is 13.0. The summed E-state index contributed by atoms with van der Waals surface area (Å²) >= 11 is 0. The van der Waals surface area contributed by atoms with Crippen molar-refractivity contribution in [1.82, 2.24) is 15.1 Å². The Bertz CT molecular complexity index is 627. The zero-order valence-corrected chi connectivity index (χ0v) is 13.0. The second-order valence-corrected chi connectivity index (χ2v) is 5.72. The Morgan fingerprint density at radius 2 is 2.00 bits per heavy atom. The lowest BCUT2D eigenvalue weighted by Gasteiger charge is -2.23. The van der Waals surface area contributed by atoms with Gasteiger partial charge in [0.15, 0.2) is 0 Å². The molecule has 1 N–H and O–H groups in total. The van der Waals surface area contributed by atoms with Crippen molar-refractivity contribution in [1.29, 1.82) is 0 Å². The molecule has 1 aliphatic rings. The zero-order chi connectivity index (χ0) is 14.8. The lowest BCUT2D eigenvalue weighted by molar-refractivity contribution is 0.414. The van der Waals surface area contributed by atoms with Crippen molar-refractivity contribution < 1.29 is 4.74 Å². The normalized spacial score (nSPS) is 16.1. The number of aryl methyl sites for hydroxylation is 1. The smallest absolute Gasteiger partial charge is 0.121 e. The standard InChI is InChI=1S/C17H23N3O/c1-12-17(14-7-9-18-10-8-14)13(2)20(19-12)15-5-4-6-16(11-15)21-3/h4-6,11,14,18H,7-10H2,1-3H3. The number of hydrogen-bond donors (Lipinski definition) is 1. The largest absolute Gasteiger partial charge is 0.497 e. The Morgan fingerprint density at radius 1 is 1.24 bits per heavy atom. The molecule has 1 aliphatic heterocycles. The minimum atomic E-state index is 0.630. The summed E-state index contributed by atoms with van der Waals surface area (Å²) in [5.74, 6) is 1.49. The molecule has 2 heterocycles. The fourth-order valence-electron chi connectivity index (χ4n) is 3.35. The maximum atomic E-state index is 5.32. The molecule has 1 aromatic carbocycles. The highest BCUT2D eigenvalue weighted by atomic mass is 16.5. The van der Waals surface area contributed by atoms with Gasteiger partial charge in [-0.3, -0.25) is 0 Å². The first-order valence-electron chi connectivity index (χ1n) is 7.62. The first kappa shape index (κ1) is 14.1. The van der Waals surface area contributed by atoms with E-state index in [0.29, 0.717) is 5.92 Å². The Balaban J connectivity index is 2.00. The first-order valence-corrected chi connectivity index (χ1v) is 7.62. The van der Waals surface area contributed by atoms with Gasteiger partial charge in [0.1, 0.15) is 5.75 Å². The Morgan fingerprint density at radius 3 is 2.71 bits per heavy atom. The summed E-state index contributed by atoms with van der Waals surface area (Å²) in [6.07, 6.45) is 2.40. The molecule has 0 amide bonds. The third-order valence-electron chi connectivity index (χ3n) is 4.39. The quantitative estimate of drug-likeness (QED) is 0.942. The lowest BCUT2D eigenvalue weighted by Crippen LogP contribution is -2.27. The van der Waals surface area contributed by atoms with E-state index in [1.54, 1.807) is 7.11 Å². The van der Waals surface area contributed by atoms with Crippen molar-refractivity contribution in [2.45, 2.75) is 32.6 Å². The summed E-state index contributed by atoms with van der Waals surface area (Å²) in [4.78, 5) is 0. The van der Waals surface area contributed by atoms with Crippen LogP contribution in [0.15, 0.2) is 24.3 Å². The van der Waals surface area contributed by atoms with Gasteiger partial charge in [0, 0.05) is 11.8 Å². The van der Waals surface area contributed by atoms with Gasteiger partial charge < -0.3 is 10.1 Å². The maximum Gasteiger partial charge on any atom is 0.121 e. The van der Waals surface area contributed by atoms with E-state index < -0.39 is 0 Å². The van der Waals surface area contributed by atoms with Gasteiger partial charge in [0.2, 0.25) is 0 Å². The van der Waals surface area contributed by atoms with E-state index in [9.17, 15) is 0 Å². The molecule has 112 valence electrons. The molecule has 0 radical (unpaired) electrons. The van der Waals surface area contributed by atoms with E-state index in [1.807, 2.05) is 18.2 Å². The van der Waals surface area contributed by atoms with Gasteiger partial charge in [-0.15, -0.1) is 0 Å². The van der Waals surface area contributed by atoms with Crippen molar-refractivity contribution in [3.63, 3.8) is 0 Å². The van der Waals surface area contributed by atoms with Crippen LogP contribution in [0, 0.1) is 13.8 Å². The molecule has 21 heavy (non-hydrogen) atoms. The van der Waals surface area contributed by atoms with Gasteiger partial charge in [-0.25, -0.2) is 4.68 Å². The molecule has 0 spiro atoms. The van der Waals surface area contributed by atoms with Crippen LogP contribution in [-0.2, 0) is 0 Å². The van der Waals surface area contributed by atoms with Gasteiger partial charge >= 0.3 is 0 Å². The van der Waals surface area contributed by atoms with Crippen LogP contribution in [0.3, 0.4) is 0 Å². The van der Waals surface area contributed by atoms with Crippen LogP contribution in [0.5, 0.6) is 5.75 Å². The number of piperidine rings is 1. The van der Waals surface area contributed by atoms with Crippen LogP contribution >= 0.6 is 0 Å². The van der Waals surface area contributed by atoms with E-state index in [1.165, 1.54) is 24.1 Å². The molecule has 0 atom stereocenters. The molecule has 4 nitrogen and oxygen atoms in total. The highest BCUT2D eigenvalue weighted by Gasteiger charge is 2.23. The average Bonchev–Trinajstić information content (AvgIpc) is 2.83. The summed E-state index contributed by atoms with van der Waals surface area (Å²) in [7, 11) is 1.70. The molecule has 0 saturated carbocycles. The van der Waals surface area contributed by atoms with Crippen molar-refractivity contribution in [3.8, 4) is 11.4 Å². The summed E-state index contributed by atoms with van der Waals surface area (Å²) in [6.45, 7) is 6.51. The number of ether oxygens (including phenoxy) is 1. The highest BCUT2D eigenvalue weighted by Crippen LogP contribution is 2.31. The molecular weight excluding hydrogens is 262 g/mol. The Hall–Kier alpha value is -1.81. The van der Waals surface area contributed by atoms with Crippen LogP contribution in [0.2, 0.25) is 0 Å². The molecule has 0 unspecified atom stereocenters. The SMILES string of the molecule is COc1cccc(-n2nc(C)c(C3CCNCC3)c2C)c1. The summed E-state index contributed by atoms with van der Waals surface area (Å²) in [5.41, 5.74) is 4.91. The molecular formula is C17H23N3O. The Labute approximate surface area is 126 Å². The number of nitrogens with one attached hydrogen (secondary N) is 1. The van der Waals surface area contributed by atoms with Crippen LogP contribution < -0.4 is 10.1 Å². The summed E-state index contributed by atoms with van der Waals surface area (Å²) < 4.78 is 7.37. The minimum Gasteiger partial charge on any atom is -0.497 e. The van der Waals surface area contributed by atoms with Gasteiger partial charge in [-0.1, -0.05) is 6.07 Å². The average molecular weight is 285 g/mol. The molecule has 1 saturated heterocycles. The minimum absolute atomic E-state index is 0.630. The monoisotopic (exact) mass is 285 g/mol. The summed E-state index contributed by atoms with van der Waals surface area (Å²) in [5, 5.41) is 8.20. The fourth-order valence-corrected chi connectivity index (χ4v) is 3.35. The Kier molecular flexibility index (Phi) is 3.97. The second-order valence-electron chi connectivity index (χ2n) is 5.72. The second kappa shape index (κ2) is 5.90. The van der Waals surface area contributed by atoms with E-state index in [2.05, 4.69) is 29.9 Å². The fraction of sp³-hybridized carbons (Fsp3) is 0.471. The number of hydrogen-bond acceptors (Lipinski definition) is 3. The summed E-state index contributed by atoms with van der Waals surface area (Å²) in [6, 6.07) is 8.08. The first-order chi connectivity index (χ1) is 10.2. The van der Waals surface area contributed by atoms with E-state index in [0.717, 1.165) is 30.2 Å². The van der Waals surface area contributed by atoms with Crippen molar-refractivity contribution in [2.24, 2.45) is 0 Å². The van der Waals surface area contributed by atoms with E-state index in [4.69, 9.17) is 9.84 Å². The van der Waals surface area contributed by atoms with Gasteiger partial charge in [-0.2, -0.15) is 5.10 Å². The van der Waals surface area contributed by atoms with Gasteiger partial charge in [0.05, 0.1) is 18.5 Å². The molecule has 1 fully saturated rings. The number of aromatic nitrogens is 2. The van der Waals surface area contributed by atoms with Crippen LogP contribution in [-0.4, -0.2) is 30.0 Å². The van der Waals surface area contributed by atoms with Crippen LogP contribution in [0.1, 0.15) is 35.7 Å². The molecule has 0 bridgehead atoms. The predicted octanol–water partition coefficient (Wildman–Crippen LogP) is 2.96. The third kappa shape index (κ3) is 2.68. The number of nitrogens with zero attached hydrogens (tertiary/aromatic N) is 2. The van der Waals surface area contributed by atoms with Crippen molar-refractivity contribution in [3.05, 3.63) is 41.2 Å². The maximum absolute atomic E-state index is 5.32. The van der Waals surface area contributed by atoms with E-state index >= 15 is 0 Å². The lowest BCUT2D eigenvalue weighted by atomic mass is 9.89. The number of methoxy groups -OCH3 is 1. The van der Waals surface area contributed by atoms with Crippen molar-refractivity contribution in [2.75, 3.05) is 20.2 Å². The topological polar surface area (TPSA) is 39.1 Å². The van der Waals surface area contributed by atoms with Gasteiger partial charge in [-0.05, 0) is 63.4 Å². The van der Waals surface area contributed by atoms with Crippen molar-refractivity contribution >= 4 is 0 Å².